The summed E-state index contributed by atoms with van der Waals surface area (Å²) < 4.78 is 89.7. The van der Waals surface area contributed by atoms with Crippen LogP contribution in [0.4, 0.5) is 26.3 Å². The van der Waals surface area contributed by atoms with Gasteiger partial charge in [0, 0.05) is 37.9 Å². The average molecular weight is 619 g/mol. The van der Waals surface area contributed by atoms with Gasteiger partial charge in [-0.05, 0) is 53.4 Å². The first kappa shape index (κ1) is 32.5. The summed E-state index contributed by atoms with van der Waals surface area (Å²) in [6, 6.07) is 18.1. The molecule has 2 aromatic carbocycles. The third-order valence-corrected chi connectivity index (χ3v) is 8.70. The van der Waals surface area contributed by atoms with Crippen LogP contribution >= 0.6 is 0 Å². The summed E-state index contributed by atoms with van der Waals surface area (Å²) in [5.41, 5.74) is 5.56. The number of carboxylic acids is 2. The number of carboxylic acid groups (broad SMARTS) is 2. The third kappa shape index (κ3) is 7.85. The number of fused-ring (bicyclic) bond motifs is 3. The van der Waals surface area contributed by atoms with Gasteiger partial charge < -0.3 is 10.2 Å². The minimum atomic E-state index is -5.08. The number of pyridine rings is 1. The number of hydrogen-bond donors (Lipinski definition) is 2. The molecule has 2 aliphatic rings. The number of aliphatic carboxylic acids is 2. The van der Waals surface area contributed by atoms with Crippen molar-refractivity contribution in [2.75, 3.05) is 13.1 Å². The fraction of sp³-hybridized carbons (Fsp3) is 0.296. The molecule has 2 aliphatic heterocycles. The van der Waals surface area contributed by atoms with E-state index >= 15 is 0 Å². The van der Waals surface area contributed by atoms with Crippen LogP contribution in [0, 0.1) is 6.92 Å². The number of alkyl halides is 6. The number of sulfone groups is 1. The lowest BCUT2D eigenvalue weighted by molar-refractivity contribution is -0.193. The zero-order chi connectivity index (χ0) is 31.5. The topological polar surface area (TPSA) is 125 Å². The maximum atomic E-state index is 13.1. The second-order valence-electron chi connectivity index (χ2n) is 9.47. The van der Waals surface area contributed by atoms with Crippen LogP contribution < -0.4 is 0 Å². The first-order valence-electron chi connectivity index (χ1n) is 12.1. The molecule has 1 aromatic heterocycles. The van der Waals surface area contributed by atoms with Crippen LogP contribution in [0.3, 0.4) is 0 Å². The van der Waals surface area contributed by atoms with Gasteiger partial charge in [-0.2, -0.15) is 26.3 Å². The van der Waals surface area contributed by atoms with E-state index in [0.29, 0.717) is 11.4 Å². The van der Waals surface area contributed by atoms with Gasteiger partial charge in [-0.15, -0.1) is 0 Å². The number of rotatable bonds is 3. The van der Waals surface area contributed by atoms with Gasteiger partial charge in [0.25, 0.3) is 0 Å². The molecule has 0 saturated carbocycles. The molecular formula is C27H24F6N2O6S. The van der Waals surface area contributed by atoms with Crippen molar-refractivity contribution < 1.29 is 54.6 Å². The van der Waals surface area contributed by atoms with Gasteiger partial charge in [-0.25, -0.2) is 18.0 Å². The van der Waals surface area contributed by atoms with Gasteiger partial charge in [-0.3, -0.25) is 9.88 Å². The highest BCUT2D eigenvalue weighted by molar-refractivity contribution is 7.92. The Morgan fingerprint density at radius 1 is 0.881 bits per heavy atom. The molecule has 1 fully saturated rings. The standard InChI is InChI=1S/C23H22N2O2S.2C2HF3O2/c1-16-3-2-4-17(11-16)13-25-14-21-20-12-19(18-7-9-24-10-8-18)5-6-22(20)28(26,27)23(21)15-25;2*3-2(4,5)1(6)7/h2-12,21,23H,13-15H2,1H3;2*(H,6,7). The quantitative estimate of drug-likeness (QED) is 0.390. The molecule has 15 heteroatoms. The predicted molar refractivity (Wildman–Crippen MR) is 137 cm³/mol. The molecule has 226 valence electrons. The summed E-state index contributed by atoms with van der Waals surface area (Å²) in [5, 5.41) is 13.9. The van der Waals surface area contributed by atoms with E-state index in [4.69, 9.17) is 19.8 Å². The minimum absolute atomic E-state index is 0.0478. The van der Waals surface area contributed by atoms with Gasteiger partial charge in [0.05, 0.1) is 10.1 Å². The zero-order valence-electron chi connectivity index (χ0n) is 21.7. The van der Waals surface area contributed by atoms with Crippen LogP contribution in [-0.2, 0) is 26.0 Å². The van der Waals surface area contributed by atoms with Crippen molar-refractivity contribution in [3.8, 4) is 11.1 Å². The molecule has 1 saturated heterocycles. The van der Waals surface area contributed by atoms with E-state index in [0.717, 1.165) is 29.8 Å². The van der Waals surface area contributed by atoms with Gasteiger partial charge in [0.1, 0.15) is 0 Å². The second-order valence-corrected chi connectivity index (χ2v) is 11.6. The Balaban J connectivity index is 0.000000289. The van der Waals surface area contributed by atoms with Crippen LogP contribution in [-0.4, -0.2) is 71.1 Å². The van der Waals surface area contributed by atoms with Crippen molar-refractivity contribution in [2.24, 2.45) is 0 Å². The Kier molecular flexibility index (Phi) is 9.67. The molecule has 0 radical (unpaired) electrons. The highest BCUT2D eigenvalue weighted by atomic mass is 32.2. The molecule has 2 atom stereocenters. The SMILES string of the molecule is Cc1cccc(CN2CC3c4cc(-c5ccncc5)ccc4S(=O)(=O)C3C2)c1.O=C(O)C(F)(F)F.O=C(O)C(F)(F)F. The highest BCUT2D eigenvalue weighted by Crippen LogP contribution is 2.46. The normalized spacial score (nSPS) is 18.9. The lowest BCUT2D eigenvalue weighted by atomic mass is 9.95. The molecule has 0 aliphatic carbocycles. The number of aryl methyl sites for hydroxylation is 1. The third-order valence-electron chi connectivity index (χ3n) is 6.44. The summed E-state index contributed by atoms with van der Waals surface area (Å²) in [7, 11) is -3.27. The molecule has 0 bridgehead atoms. The smallest absolute Gasteiger partial charge is 0.475 e. The van der Waals surface area contributed by atoms with Gasteiger partial charge in [-0.1, -0.05) is 35.9 Å². The van der Waals surface area contributed by atoms with Crippen molar-refractivity contribution in [1.82, 2.24) is 9.88 Å². The van der Waals surface area contributed by atoms with E-state index in [-0.39, 0.29) is 11.2 Å². The molecule has 3 aromatic rings. The van der Waals surface area contributed by atoms with E-state index in [1.807, 2.05) is 18.2 Å². The highest BCUT2D eigenvalue weighted by Gasteiger charge is 2.50. The maximum Gasteiger partial charge on any atom is 0.490 e. The summed E-state index contributed by atoms with van der Waals surface area (Å²) in [5.74, 6) is -5.47. The molecule has 8 nitrogen and oxygen atoms in total. The summed E-state index contributed by atoms with van der Waals surface area (Å²) in [4.78, 5) is 24.7. The molecular weight excluding hydrogens is 594 g/mol. The fourth-order valence-electron chi connectivity index (χ4n) is 4.65. The van der Waals surface area contributed by atoms with Crippen LogP contribution in [0.5, 0.6) is 0 Å². The monoisotopic (exact) mass is 618 g/mol. The number of benzene rings is 2. The molecule has 0 spiro atoms. The van der Waals surface area contributed by atoms with Crippen molar-refractivity contribution >= 4 is 21.8 Å². The minimum Gasteiger partial charge on any atom is -0.475 e. The van der Waals surface area contributed by atoms with Crippen LogP contribution in [0.25, 0.3) is 11.1 Å². The number of aromatic nitrogens is 1. The molecule has 3 heterocycles. The number of carbonyl (C=O) groups is 2. The maximum absolute atomic E-state index is 13.1. The Labute approximate surface area is 236 Å². The molecule has 2 unspecified atom stereocenters. The van der Waals surface area contributed by atoms with Crippen LogP contribution in [0.1, 0.15) is 22.6 Å². The second kappa shape index (κ2) is 12.5. The van der Waals surface area contributed by atoms with Gasteiger partial charge in [0.2, 0.25) is 0 Å². The number of nitrogens with zero attached hydrogens (tertiary/aromatic N) is 2. The Hall–Kier alpha value is -3.98. The van der Waals surface area contributed by atoms with Gasteiger partial charge >= 0.3 is 24.3 Å². The van der Waals surface area contributed by atoms with E-state index in [1.54, 1.807) is 18.5 Å². The van der Waals surface area contributed by atoms with E-state index in [9.17, 15) is 34.8 Å². The molecule has 42 heavy (non-hydrogen) atoms. The van der Waals surface area contributed by atoms with Crippen molar-refractivity contribution in [1.29, 1.82) is 0 Å². The Morgan fingerprint density at radius 3 is 1.98 bits per heavy atom. The largest absolute Gasteiger partial charge is 0.490 e. The zero-order valence-corrected chi connectivity index (χ0v) is 22.5. The van der Waals surface area contributed by atoms with Crippen molar-refractivity contribution in [2.45, 2.75) is 41.9 Å². The molecule has 5 rings (SSSR count). The average Bonchev–Trinajstić information content (AvgIpc) is 3.40. The number of hydrogen-bond acceptors (Lipinski definition) is 6. The lowest BCUT2D eigenvalue weighted by Crippen LogP contribution is -2.25. The lowest BCUT2D eigenvalue weighted by Gasteiger charge is -2.18. The predicted octanol–water partition coefficient (Wildman–Crippen LogP) is 5.08. The molecule has 2 N–H and O–H groups in total. The van der Waals surface area contributed by atoms with Crippen molar-refractivity contribution in [3.05, 3.63) is 83.7 Å². The first-order chi connectivity index (χ1) is 19.4. The number of halogens is 6. The summed E-state index contributed by atoms with van der Waals surface area (Å²) in [6.07, 6.45) is -6.64. The molecule has 0 amide bonds. The first-order valence-corrected chi connectivity index (χ1v) is 13.6. The van der Waals surface area contributed by atoms with Crippen LogP contribution in [0.2, 0.25) is 0 Å². The van der Waals surface area contributed by atoms with Gasteiger partial charge in [0.15, 0.2) is 9.84 Å². The Morgan fingerprint density at radius 2 is 1.45 bits per heavy atom. The van der Waals surface area contributed by atoms with E-state index in [1.165, 1.54) is 11.1 Å². The summed E-state index contributed by atoms with van der Waals surface area (Å²) in [6.45, 7) is 4.26. The van der Waals surface area contributed by atoms with E-state index < -0.39 is 34.1 Å². The van der Waals surface area contributed by atoms with Crippen molar-refractivity contribution in [3.63, 3.8) is 0 Å². The van der Waals surface area contributed by atoms with Crippen LogP contribution in [0.15, 0.2) is 71.9 Å². The fourth-order valence-corrected chi connectivity index (χ4v) is 6.84. The summed E-state index contributed by atoms with van der Waals surface area (Å²) >= 11 is 0. The number of likely N-dealkylation sites (tertiary alicyclic amines) is 1. The van der Waals surface area contributed by atoms with E-state index in [2.05, 4.69) is 47.1 Å². The Bertz CT molecular complexity index is 1520.